The van der Waals surface area contributed by atoms with E-state index < -0.39 is 0 Å². The van der Waals surface area contributed by atoms with E-state index in [-0.39, 0.29) is 5.82 Å². The van der Waals surface area contributed by atoms with Gasteiger partial charge in [0.2, 0.25) is 0 Å². The van der Waals surface area contributed by atoms with Gasteiger partial charge in [-0.3, -0.25) is 0 Å². The number of anilines is 1. The summed E-state index contributed by atoms with van der Waals surface area (Å²) in [4.78, 5) is 0. The van der Waals surface area contributed by atoms with Crippen molar-refractivity contribution in [3.63, 3.8) is 0 Å². The summed E-state index contributed by atoms with van der Waals surface area (Å²) in [5, 5.41) is 7.10. The summed E-state index contributed by atoms with van der Waals surface area (Å²) in [5.74, 6) is 0.622. The monoisotopic (exact) mass is 388 g/mol. The average molecular weight is 389 g/mol. The first-order valence-electron chi connectivity index (χ1n) is 6.85. The number of ether oxygens (including phenoxy) is 2. The number of methoxy groups -OCH3 is 2. The van der Waals surface area contributed by atoms with Crippen LogP contribution in [-0.2, 0) is 6.54 Å². The molecule has 2 N–H and O–H groups in total. The van der Waals surface area contributed by atoms with Crippen molar-refractivity contribution in [2.75, 3.05) is 19.5 Å². The van der Waals surface area contributed by atoms with Gasteiger partial charge in [0.1, 0.15) is 17.3 Å². The van der Waals surface area contributed by atoms with Crippen LogP contribution in [0, 0.1) is 5.82 Å². The van der Waals surface area contributed by atoms with Gasteiger partial charge in [-0.15, -0.1) is 0 Å². The summed E-state index contributed by atoms with van der Waals surface area (Å²) >= 11 is 17.3. The van der Waals surface area contributed by atoms with Crippen molar-refractivity contribution in [2.45, 2.75) is 6.54 Å². The topological polar surface area (TPSA) is 42.5 Å². The summed E-state index contributed by atoms with van der Waals surface area (Å²) in [6.07, 6.45) is 0. The van der Waals surface area contributed by atoms with E-state index in [9.17, 15) is 4.39 Å². The van der Waals surface area contributed by atoms with Gasteiger partial charge in [0, 0.05) is 23.7 Å². The zero-order valence-electron chi connectivity index (χ0n) is 13.0. The van der Waals surface area contributed by atoms with E-state index in [0.717, 1.165) is 5.56 Å². The second-order valence-corrected chi connectivity index (χ2v) is 5.95. The lowest BCUT2D eigenvalue weighted by atomic mass is 10.2. The summed E-state index contributed by atoms with van der Waals surface area (Å²) in [6, 6.07) is 7.50. The second-order valence-electron chi connectivity index (χ2n) is 4.73. The fraction of sp³-hybridized carbons (Fsp3) is 0.188. The van der Waals surface area contributed by atoms with Gasteiger partial charge in [0.25, 0.3) is 0 Å². The maximum atomic E-state index is 13.0. The van der Waals surface area contributed by atoms with Gasteiger partial charge in [-0.1, -0.05) is 29.3 Å². The molecule has 0 saturated carbocycles. The first-order valence-corrected chi connectivity index (χ1v) is 8.01. The third-order valence-corrected chi connectivity index (χ3v) is 4.07. The minimum atomic E-state index is -0.387. The summed E-state index contributed by atoms with van der Waals surface area (Å²) < 4.78 is 23.5. The first-order chi connectivity index (χ1) is 11.4. The molecule has 0 atom stereocenters. The molecule has 0 saturated heterocycles. The van der Waals surface area contributed by atoms with Crippen LogP contribution in [-0.4, -0.2) is 19.3 Å². The van der Waals surface area contributed by atoms with Crippen LogP contribution in [0.25, 0.3) is 0 Å². The Bertz CT molecular complexity index is 759. The van der Waals surface area contributed by atoms with Gasteiger partial charge >= 0.3 is 0 Å². The molecule has 128 valence electrons. The SMILES string of the molecule is COc1cc(NC(=S)NCc2ccc(F)cc2Cl)c(OC)cc1Cl. The van der Waals surface area contributed by atoms with Gasteiger partial charge < -0.3 is 20.1 Å². The molecular formula is C16H15Cl2FN2O2S. The molecule has 0 bridgehead atoms. The second kappa shape index (κ2) is 8.37. The molecule has 4 nitrogen and oxygen atoms in total. The minimum absolute atomic E-state index is 0.330. The molecule has 2 rings (SSSR count). The number of benzene rings is 2. The molecule has 0 unspecified atom stereocenters. The van der Waals surface area contributed by atoms with Crippen LogP contribution in [0.1, 0.15) is 5.56 Å². The lowest BCUT2D eigenvalue weighted by Crippen LogP contribution is -2.28. The number of thiocarbonyl (C=S) groups is 1. The molecule has 0 spiro atoms. The Morgan fingerprint density at radius 3 is 2.42 bits per heavy atom. The predicted molar refractivity (Wildman–Crippen MR) is 99.0 cm³/mol. The van der Waals surface area contributed by atoms with Crippen LogP contribution in [0.2, 0.25) is 10.0 Å². The fourth-order valence-corrected chi connectivity index (χ4v) is 2.61. The Balaban J connectivity index is 2.06. The van der Waals surface area contributed by atoms with Crippen molar-refractivity contribution in [3.8, 4) is 11.5 Å². The molecule has 2 aromatic rings. The molecule has 2 aromatic carbocycles. The number of hydrogen-bond acceptors (Lipinski definition) is 3. The smallest absolute Gasteiger partial charge is 0.171 e. The predicted octanol–water partition coefficient (Wildman–Crippen LogP) is 4.64. The standard InChI is InChI=1S/C16H15Cl2FN2O2S/c1-22-14-7-13(15(23-2)6-12(14)18)21-16(24)20-8-9-3-4-10(19)5-11(9)17/h3-7H,8H2,1-2H3,(H2,20,21,24). The lowest BCUT2D eigenvalue weighted by Gasteiger charge is -2.15. The first kappa shape index (κ1) is 18.6. The minimum Gasteiger partial charge on any atom is -0.495 e. The molecule has 0 aromatic heterocycles. The maximum Gasteiger partial charge on any atom is 0.171 e. The normalized spacial score (nSPS) is 10.2. The molecule has 24 heavy (non-hydrogen) atoms. The molecule has 0 radical (unpaired) electrons. The van der Waals surface area contributed by atoms with E-state index in [1.54, 1.807) is 18.2 Å². The Morgan fingerprint density at radius 1 is 1.08 bits per heavy atom. The molecule has 0 fully saturated rings. The van der Waals surface area contributed by atoms with E-state index in [1.807, 2.05) is 0 Å². The Labute approximate surface area is 154 Å². The summed E-state index contributed by atoms with van der Waals surface area (Å²) in [6.45, 7) is 0.345. The third-order valence-electron chi connectivity index (χ3n) is 3.18. The summed E-state index contributed by atoms with van der Waals surface area (Å²) in [7, 11) is 3.04. The number of halogens is 3. The number of hydrogen-bond donors (Lipinski definition) is 2. The average Bonchev–Trinajstić information content (AvgIpc) is 2.55. The van der Waals surface area contributed by atoms with Crippen LogP contribution in [0.15, 0.2) is 30.3 Å². The van der Waals surface area contributed by atoms with Crippen LogP contribution < -0.4 is 20.1 Å². The van der Waals surface area contributed by atoms with Crippen LogP contribution in [0.3, 0.4) is 0 Å². The van der Waals surface area contributed by atoms with Gasteiger partial charge in [0.05, 0.1) is 24.9 Å². The number of rotatable bonds is 5. The lowest BCUT2D eigenvalue weighted by molar-refractivity contribution is 0.405. The number of nitrogens with one attached hydrogen (secondary N) is 2. The highest BCUT2D eigenvalue weighted by atomic mass is 35.5. The summed E-state index contributed by atoms with van der Waals surface area (Å²) in [5.41, 5.74) is 1.32. The Hall–Kier alpha value is -1.76. The van der Waals surface area contributed by atoms with Gasteiger partial charge in [-0.25, -0.2) is 4.39 Å². The van der Waals surface area contributed by atoms with E-state index in [1.165, 1.54) is 26.4 Å². The molecular weight excluding hydrogens is 374 g/mol. The van der Waals surface area contributed by atoms with Crippen molar-refractivity contribution in [1.82, 2.24) is 5.32 Å². The molecule has 0 aliphatic rings. The van der Waals surface area contributed by atoms with E-state index in [4.69, 9.17) is 44.9 Å². The quantitative estimate of drug-likeness (QED) is 0.730. The fourth-order valence-electron chi connectivity index (χ4n) is 1.97. The Morgan fingerprint density at radius 2 is 1.79 bits per heavy atom. The largest absolute Gasteiger partial charge is 0.495 e. The van der Waals surface area contributed by atoms with Crippen molar-refractivity contribution < 1.29 is 13.9 Å². The highest BCUT2D eigenvalue weighted by Gasteiger charge is 2.11. The van der Waals surface area contributed by atoms with Crippen LogP contribution in [0.5, 0.6) is 11.5 Å². The van der Waals surface area contributed by atoms with Crippen LogP contribution in [0.4, 0.5) is 10.1 Å². The van der Waals surface area contributed by atoms with Crippen molar-refractivity contribution >= 4 is 46.2 Å². The van der Waals surface area contributed by atoms with Crippen LogP contribution >= 0.6 is 35.4 Å². The van der Waals surface area contributed by atoms with Crippen molar-refractivity contribution in [3.05, 3.63) is 51.8 Å². The molecule has 0 heterocycles. The third kappa shape index (κ3) is 4.63. The van der Waals surface area contributed by atoms with Crippen molar-refractivity contribution in [2.24, 2.45) is 0 Å². The van der Waals surface area contributed by atoms with E-state index in [0.29, 0.717) is 38.9 Å². The van der Waals surface area contributed by atoms with E-state index in [2.05, 4.69) is 10.6 Å². The van der Waals surface area contributed by atoms with Gasteiger partial charge in [-0.05, 0) is 29.9 Å². The van der Waals surface area contributed by atoms with E-state index >= 15 is 0 Å². The maximum absolute atomic E-state index is 13.0. The molecule has 8 heteroatoms. The zero-order valence-corrected chi connectivity index (χ0v) is 15.3. The molecule has 0 amide bonds. The van der Waals surface area contributed by atoms with Crippen molar-refractivity contribution in [1.29, 1.82) is 0 Å². The zero-order chi connectivity index (χ0) is 17.7. The Kier molecular flexibility index (Phi) is 6.48. The highest BCUT2D eigenvalue weighted by molar-refractivity contribution is 7.80. The molecule has 0 aliphatic carbocycles. The molecule has 0 aliphatic heterocycles. The van der Waals surface area contributed by atoms with Gasteiger partial charge in [0.15, 0.2) is 5.11 Å². The van der Waals surface area contributed by atoms with Gasteiger partial charge in [-0.2, -0.15) is 0 Å². The highest BCUT2D eigenvalue weighted by Crippen LogP contribution is 2.35.